The van der Waals surface area contributed by atoms with Crippen LogP contribution in [-0.2, 0) is 13.0 Å². The summed E-state index contributed by atoms with van der Waals surface area (Å²) in [6.45, 7) is 4.43. The Morgan fingerprint density at radius 1 is 1.14 bits per heavy atom. The number of aromatic nitrogens is 4. The van der Waals surface area contributed by atoms with Crippen LogP contribution in [0.25, 0.3) is 5.65 Å². The van der Waals surface area contributed by atoms with Gasteiger partial charge in [0.25, 0.3) is 5.91 Å². The number of amides is 1. The minimum Gasteiger partial charge on any atom is -0.488 e. The quantitative estimate of drug-likeness (QED) is 0.521. The monoisotopic (exact) mass is 391 g/mol. The fourth-order valence-electron chi connectivity index (χ4n) is 3.08. The van der Waals surface area contributed by atoms with Gasteiger partial charge < -0.3 is 14.6 Å². The van der Waals surface area contributed by atoms with E-state index in [0.29, 0.717) is 30.0 Å². The molecule has 0 bridgehead atoms. The summed E-state index contributed by atoms with van der Waals surface area (Å²) in [4.78, 5) is 12.7. The molecule has 4 aromatic rings. The third-order valence-corrected chi connectivity index (χ3v) is 4.70. The molecule has 0 aliphatic rings. The number of hydrogen-bond acceptors (Lipinski definition) is 6. The van der Waals surface area contributed by atoms with Gasteiger partial charge in [-0.05, 0) is 38.1 Å². The maximum Gasteiger partial charge on any atom is 0.255 e. The summed E-state index contributed by atoms with van der Waals surface area (Å²) >= 11 is 0. The van der Waals surface area contributed by atoms with Crippen LogP contribution in [-0.4, -0.2) is 32.2 Å². The molecule has 0 atom stereocenters. The van der Waals surface area contributed by atoms with E-state index in [-0.39, 0.29) is 12.5 Å². The van der Waals surface area contributed by atoms with Gasteiger partial charge >= 0.3 is 0 Å². The Kier molecular flexibility index (Phi) is 5.24. The second-order valence-electron chi connectivity index (χ2n) is 6.64. The highest BCUT2D eigenvalue weighted by atomic mass is 16.5. The lowest BCUT2D eigenvalue weighted by Crippen LogP contribution is -2.26. The summed E-state index contributed by atoms with van der Waals surface area (Å²) in [6.07, 6.45) is 2.48. The normalized spacial score (nSPS) is 11.0. The predicted molar refractivity (Wildman–Crippen MR) is 106 cm³/mol. The molecule has 0 fully saturated rings. The van der Waals surface area contributed by atoms with E-state index in [1.54, 1.807) is 12.1 Å². The average molecular weight is 391 g/mol. The molecule has 1 aromatic carbocycles. The van der Waals surface area contributed by atoms with Crippen molar-refractivity contribution in [2.75, 3.05) is 6.54 Å². The lowest BCUT2D eigenvalue weighted by atomic mass is 10.1. The Labute approximate surface area is 167 Å². The summed E-state index contributed by atoms with van der Waals surface area (Å²) in [6, 6.07) is 12.9. The van der Waals surface area contributed by atoms with Crippen molar-refractivity contribution in [1.82, 2.24) is 25.1 Å². The van der Waals surface area contributed by atoms with Crippen LogP contribution in [0.2, 0.25) is 0 Å². The van der Waals surface area contributed by atoms with Gasteiger partial charge in [0.05, 0.1) is 16.8 Å². The van der Waals surface area contributed by atoms with Gasteiger partial charge in [0.1, 0.15) is 23.9 Å². The number of para-hydroxylation sites is 1. The van der Waals surface area contributed by atoms with Gasteiger partial charge in [-0.1, -0.05) is 23.4 Å². The molecule has 0 saturated heterocycles. The van der Waals surface area contributed by atoms with Crippen LogP contribution in [0.5, 0.6) is 5.75 Å². The average Bonchev–Trinajstić information content (AvgIpc) is 3.30. The van der Waals surface area contributed by atoms with E-state index < -0.39 is 0 Å². The summed E-state index contributed by atoms with van der Waals surface area (Å²) in [5.41, 5.74) is 2.93. The molecule has 1 amide bonds. The van der Waals surface area contributed by atoms with Crippen molar-refractivity contribution in [3.05, 3.63) is 77.1 Å². The molecular weight excluding hydrogens is 370 g/mol. The van der Waals surface area contributed by atoms with Crippen LogP contribution >= 0.6 is 0 Å². The van der Waals surface area contributed by atoms with E-state index in [2.05, 4.69) is 20.7 Å². The van der Waals surface area contributed by atoms with Gasteiger partial charge in [0.2, 0.25) is 0 Å². The third-order valence-electron chi connectivity index (χ3n) is 4.70. The minimum atomic E-state index is -0.201. The maximum atomic E-state index is 12.7. The van der Waals surface area contributed by atoms with Gasteiger partial charge in [0.15, 0.2) is 5.65 Å². The van der Waals surface area contributed by atoms with Crippen LogP contribution in [0.3, 0.4) is 0 Å². The van der Waals surface area contributed by atoms with Crippen molar-refractivity contribution in [3.63, 3.8) is 0 Å². The van der Waals surface area contributed by atoms with Gasteiger partial charge in [-0.25, -0.2) is 0 Å². The predicted octanol–water partition coefficient (Wildman–Crippen LogP) is 2.89. The summed E-state index contributed by atoms with van der Waals surface area (Å²) in [7, 11) is 0. The molecule has 0 spiro atoms. The molecule has 3 heterocycles. The van der Waals surface area contributed by atoms with Crippen molar-refractivity contribution in [1.29, 1.82) is 0 Å². The molecule has 3 aromatic heterocycles. The Morgan fingerprint density at radius 2 is 1.97 bits per heavy atom. The highest BCUT2D eigenvalue weighted by Crippen LogP contribution is 2.21. The number of ether oxygens (including phenoxy) is 1. The SMILES string of the molecule is Cc1noc(C)c1COc1ccccc1C(=O)NCCc1nnc2ccccn12. The molecule has 8 heteroatoms. The fourth-order valence-corrected chi connectivity index (χ4v) is 3.08. The van der Waals surface area contributed by atoms with Gasteiger partial charge in [-0.15, -0.1) is 10.2 Å². The molecule has 0 radical (unpaired) electrons. The van der Waals surface area contributed by atoms with Crippen LogP contribution in [0.15, 0.2) is 53.2 Å². The molecule has 29 heavy (non-hydrogen) atoms. The van der Waals surface area contributed by atoms with Crippen LogP contribution in [0.4, 0.5) is 0 Å². The third kappa shape index (κ3) is 3.96. The first-order valence-corrected chi connectivity index (χ1v) is 9.34. The first kappa shape index (κ1) is 18.7. The maximum absolute atomic E-state index is 12.7. The topological polar surface area (TPSA) is 94.5 Å². The first-order chi connectivity index (χ1) is 14.1. The van der Waals surface area contributed by atoms with E-state index in [4.69, 9.17) is 9.26 Å². The largest absolute Gasteiger partial charge is 0.488 e. The zero-order valence-corrected chi connectivity index (χ0v) is 16.3. The molecule has 0 saturated carbocycles. The Bertz CT molecular complexity index is 1130. The number of carbonyl (C=O) groups excluding carboxylic acids is 1. The Balaban J connectivity index is 1.40. The van der Waals surface area contributed by atoms with Crippen LogP contribution in [0, 0.1) is 13.8 Å². The summed E-state index contributed by atoms with van der Waals surface area (Å²) in [5.74, 6) is 1.82. The lowest BCUT2D eigenvalue weighted by molar-refractivity contribution is 0.0949. The van der Waals surface area contributed by atoms with E-state index in [0.717, 1.165) is 22.7 Å². The minimum absolute atomic E-state index is 0.201. The highest BCUT2D eigenvalue weighted by molar-refractivity contribution is 5.96. The Hall–Kier alpha value is -3.68. The van der Waals surface area contributed by atoms with Gasteiger partial charge in [-0.3, -0.25) is 9.20 Å². The zero-order valence-electron chi connectivity index (χ0n) is 16.3. The summed E-state index contributed by atoms with van der Waals surface area (Å²) in [5, 5.41) is 15.2. The van der Waals surface area contributed by atoms with E-state index in [1.165, 1.54) is 0 Å². The van der Waals surface area contributed by atoms with Crippen molar-refractivity contribution in [2.45, 2.75) is 26.9 Å². The molecule has 0 aliphatic carbocycles. The number of carbonyl (C=O) groups is 1. The molecule has 4 rings (SSSR count). The standard InChI is InChI=1S/C21H21N5O3/c1-14-17(15(2)29-25-14)13-28-18-8-4-3-7-16(18)21(27)22-11-10-20-24-23-19-9-5-6-12-26(19)20/h3-9,12H,10-11,13H2,1-2H3,(H,22,27). The fraction of sp³-hybridized carbons (Fsp3) is 0.238. The smallest absolute Gasteiger partial charge is 0.255 e. The number of hydrogen-bond donors (Lipinski definition) is 1. The number of nitrogens with zero attached hydrogens (tertiary/aromatic N) is 4. The number of pyridine rings is 1. The van der Waals surface area contributed by atoms with Crippen molar-refractivity contribution < 1.29 is 14.1 Å². The van der Waals surface area contributed by atoms with E-state index in [1.807, 2.05) is 54.8 Å². The number of rotatable bonds is 7. The van der Waals surface area contributed by atoms with E-state index in [9.17, 15) is 4.79 Å². The van der Waals surface area contributed by atoms with Crippen molar-refractivity contribution in [2.24, 2.45) is 0 Å². The highest BCUT2D eigenvalue weighted by Gasteiger charge is 2.15. The second-order valence-corrected chi connectivity index (χ2v) is 6.64. The van der Waals surface area contributed by atoms with Crippen molar-refractivity contribution >= 4 is 11.6 Å². The molecule has 0 unspecified atom stereocenters. The van der Waals surface area contributed by atoms with Crippen LogP contribution < -0.4 is 10.1 Å². The lowest BCUT2D eigenvalue weighted by Gasteiger charge is -2.11. The molecule has 148 valence electrons. The van der Waals surface area contributed by atoms with Crippen molar-refractivity contribution in [3.8, 4) is 5.75 Å². The number of fused-ring (bicyclic) bond motifs is 1. The first-order valence-electron chi connectivity index (χ1n) is 9.34. The zero-order chi connectivity index (χ0) is 20.2. The second kappa shape index (κ2) is 8.14. The summed E-state index contributed by atoms with van der Waals surface area (Å²) < 4.78 is 13.0. The van der Waals surface area contributed by atoms with Gasteiger partial charge in [0, 0.05) is 19.2 Å². The molecule has 1 N–H and O–H groups in total. The van der Waals surface area contributed by atoms with E-state index >= 15 is 0 Å². The molecule has 0 aliphatic heterocycles. The molecule has 8 nitrogen and oxygen atoms in total. The Morgan fingerprint density at radius 3 is 2.79 bits per heavy atom. The van der Waals surface area contributed by atoms with Gasteiger partial charge in [-0.2, -0.15) is 0 Å². The number of benzene rings is 1. The molecular formula is C21H21N5O3. The van der Waals surface area contributed by atoms with Crippen LogP contribution in [0.1, 0.15) is 33.2 Å². The number of nitrogens with one attached hydrogen (secondary N) is 1. The number of aryl methyl sites for hydroxylation is 2.